The molecule has 2 aromatic carbocycles. The van der Waals surface area contributed by atoms with E-state index in [-0.39, 0.29) is 17.4 Å². The zero-order valence-electron chi connectivity index (χ0n) is 15.0. The van der Waals surface area contributed by atoms with Crippen LogP contribution in [-0.4, -0.2) is 34.0 Å². The van der Waals surface area contributed by atoms with E-state index < -0.39 is 10.0 Å². The molecule has 0 spiro atoms. The summed E-state index contributed by atoms with van der Waals surface area (Å²) in [5.41, 5.74) is 2.08. The highest BCUT2D eigenvalue weighted by molar-refractivity contribution is 7.89. The topological polar surface area (TPSA) is 84.5 Å². The predicted molar refractivity (Wildman–Crippen MR) is 101 cm³/mol. The number of hydrogen-bond acceptors (Lipinski definition) is 4. The van der Waals surface area contributed by atoms with Gasteiger partial charge in [-0.1, -0.05) is 36.8 Å². The maximum atomic E-state index is 11.9. The van der Waals surface area contributed by atoms with Crippen LogP contribution in [0.25, 0.3) is 0 Å². The Morgan fingerprint density at radius 2 is 1.69 bits per heavy atom. The molecule has 0 saturated carbocycles. The lowest BCUT2D eigenvalue weighted by Crippen LogP contribution is -2.30. The average Bonchev–Trinajstić information content (AvgIpc) is 2.62. The lowest BCUT2D eigenvalue weighted by Gasteiger charge is -2.08. The minimum atomic E-state index is -3.43. The number of sulfonamides is 1. The van der Waals surface area contributed by atoms with Crippen molar-refractivity contribution >= 4 is 15.9 Å². The maximum Gasteiger partial charge on any atom is 0.257 e. The number of benzene rings is 2. The Labute approximate surface area is 154 Å². The highest BCUT2D eigenvalue weighted by Gasteiger charge is 2.11. The summed E-state index contributed by atoms with van der Waals surface area (Å²) >= 11 is 0. The van der Waals surface area contributed by atoms with Crippen LogP contribution in [0.4, 0.5) is 0 Å². The minimum Gasteiger partial charge on any atom is -0.484 e. The summed E-state index contributed by atoms with van der Waals surface area (Å²) < 4.78 is 31.6. The van der Waals surface area contributed by atoms with Gasteiger partial charge in [-0.25, -0.2) is 13.1 Å². The van der Waals surface area contributed by atoms with Crippen molar-refractivity contribution in [3.63, 3.8) is 0 Å². The smallest absolute Gasteiger partial charge is 0.257 e. The van der Waals surface area contributed by atoms with Gasteiger partial charge in [0.25, 0.3) is 5.91 Å². The van der Waals surface area contributed by atoms with E-state index in [0.29, 0.717) is 25.3 Å². The molecule has 2 N–H and O–H groups in total. The molecule has 0 aliphatic carbocycles. The zero-order chi connectivity index (χ0) is 19.0. The molecule has 26 heavy (non-hydrogen) atoms. The van der Waals surface area contributed by atoms with Crippen molar-refractivity contribution in [1.82, 2.24) is 10.0 Å². The first-order valence-electron chi connectivity index (χ1n) is 8.45. The van der Waals surface area contributed by atoms with E-state index in [0.717, 1.165) is 11.1 Å². The first kappa shape index (κ1) is 19.9. The van der Waals surface area contributed by atoms with E-state index in [1.54, 1.807) is 31.2 Å². The number of hydrogen-bond donors (Lipinski definition) is 2. The fourth-order valence-electron chi connectivity index (χ4n) is 2.29. The lowest BCUT2D eigenvalue weighted by atomic mass is 10.1. The summed E-state index contributed by atoms with van der Waals surface area (Å²) in [7, 11) is -3.43. The van der Waals surface area contributed by atoms with E-state index in [4.69, 9.17) is 4.74 Å². The molecule has 1 amide bonds. The Balaban J connectivity index is 1.75. The van der Waals surface area contributed by atoms with Gasteiger partial charge >= 0.3 is 0 Å². The van der Waals surface area contributed by atoms with Gasteiger partial charge in [0.2, 0.25) is 10.0 Å². The Bertz CT molecular complexity index is 816. The molecule has 0 heterocycles. The predicted octanol–water partition coefficient (Wildman–Crippen LogP) is 2.03. The maximum absolute atomic E-state index is 11.9. The molecule has 0 atom stereocenters. The first-order chi connectivity index (χ1) is 12.4. The van der Waals surface area contributed by atoms with Crippen LogP contribution in [0.5, 0.6) is 5.75 Å². The molecule has 140 valence electrons. The van der Waals surface area contributed by atoms with Gasteiger partial charge in [-0.2, -0.15) is 0 Å². The fourth-order valence-corrected chi connectivity index (χ4v) is 3.33. The van der Waals surface area contributed by atoms with E-state index in [1.165, 1.54) is 0 Å². The summed E-state index contributed by atoms with van der Waals surface area (Å²) in [6.45, 7) is 4.48. The molecule has 6 nitrogen and oxygen atoms in total. The molecule has 7 heteroatoms. The van der Waals surface area contributed by atoms with E-state index in [2.05, 4.69) is 10.0 Å². The number of nitrogens with one attached hydrogen (secondary N) is 2. The number of amides is 1. The van der Waals surface area contributed by atoms with Gasteiger partial charge < -0.3 is 10.1 Å². The highest BCUT2D eigenvalue weighted by atomic mass is 32.2. The van der Waals surface area contributed by atoms with Gasteiger partial charge in [-0.15, -0.1) is 0 Å². The Morgan fingerprint density at radius 3 is 2.31 bits per heavy atom. The number of carbonyl (C=O) groups is 1. The fraction of sp³-hybridized carbons (Fsp3) is 0.316. The third-order valence-electron chi connectivity index (χ3n) is 3.69. The molecule has 0 saturated heterocycles. The van der Waals surface area contributed by atoms with Crippen molar-refractivity contribution in [2.24, 2.45) is 0 Å². The van der Waals surface area contributed by atoms with Crippen LogP contribution in [0.15, 0.2) is 53.4 Å². The van der Waals surface area contributed by atoms with Crippen LogP contribution in [-0.2, 0) is 21.2 Å². The van der Waals surface area contributed by atoms with Crippen LogP contribution in [0.1, 0.15) is 18.1 Å². The van der Waals surface area contributed by atoms with Crippen molar-refractivity contribution in [1.29, 1.82) is 0 Å². The summed E-state index contributed by atoms with van der Waals surface area (Å²) in [5, 5.41) is 2.78. The van der Waals surface area contributed by atoms with Crippen molar-refractivity contribution in [3.05, 3.63) is 59.7 Å². The van der Waals surface area contributed by atoms with E-state index in [1.807, 2.05) is 31.2 Å². The number of ether oxygens (including phenoxy) is 1. The summed E-state index contributed by atoms with van der Waals surface area (Å²) in [4.78, 5) is 12.0. The zero-order valence-corrected chi connectivity index (χ0v) is 15.8. The monoisotopic (exact) mass is 376 g/mol. The van der Waals surface area contributed by atoms with Gasteiger partial charge in [0.05, 0.1) is 4.90 Å². The van der Waals surface area contributed by atoms with Gasteiger partial charge in [0, 0.05) is 13.1 Å². The van der Waals surface area contributed by atoms with Gasteiger partial charge in [-0.05, 0) is 43.2 Å². The molecule has 0 aliphatic rings. The van der Waals surface area contributed by atoms with Gasteiger partial charge in [-0.3, -0.25) is 4.79 Å². The third kappa shape index (κ3) is 6.16. The molecule has 2 aromatic rings. The highest BCUT2D eigenvalue weighted by Crippen LogP contribution is 2.12. The van der Waals surface area contributed by atoms with Crippen LogP contribution in [0.3, 0.4) is 0 Å². The Hall–Kier alpha value is -2.38. The summed E-state index contributed by atoms with van der Waals surface area (Å²) in [6.07, 6.45) is 0.609. The normalized spacial score (nSPS) is 11.2. The summed E-state index contributed by atoms with van der Waals surface area (Å²) in [5.74, 6) is 0.458. The molecule has 2 rings (SSSR count). The third-order valence-corrected chi connectivity index (χ3v) is 5.26. The Morgan fingerprint density at radius 1 is 1.04 bits per heavy atom. The van der Waals surface area contributed by atoms with Gasteiger partial charge in [0.1, 0.15) is 5.75 Å². The first-order valence-corrected chi connectivity index (χ1v) is 9.94. The standard InChI is InChI=1S/C19H24N2O4S/c1-3-21-26(23,24)18-10-6-16(7-11-18)12-13-20-19(22)14-25-17-8-4-15(2)5-9-17/h4-11,21H,3,12-14H2,1-2H3,(H,20,22). The van der Waals surface area contributed by atoms with Crippen molar-refractivity contribution < 1.29 is 17.9 Å². The second-order valence-electron chi connectivity index (χ2n) is 5.85. The SMILES string of the molecule is CCNS(=O)(=O)c1ccc(CCNC(=O)COc2ccc(C)cc2)cc1. The van der Waals surface area contributed by atoms with Crippen LogP contribution >= 0.6 is 0 Å². The molecule has 0 bridgehead atoms. The molecule has 0 radical (unpaired) electrons. The second kappa shape index (κ2) is 9.35. The van der Waals surface area contributed by atoms with Crippen molar-refractivity contribution in [2.45, 2.75) is 25.2 Å². The van der Waals surface area contributed by atoms with Crippen LogP contribution in [0.2, 0.25) is 0 Å². The van der Waals surface area contributed by atoms with Crippen molar-refractivity contribution in [2.75, 3.05) is 19.7 Å². The quantitative estimate of drug-likeness (QED) is 0.701. The molecular formula is C19H24N2O4S. The number of carbonyl (C=O) groups excluding carboxylic acids is 1. The lowest BCUT2D eigenvalue weighted by molar-refractivity contribution is -0.123. The molecule has 0 aromatic heterocycles. The molecular weight excluding hydrogens is 352 g/mol. The van der Waals surface area contributed by atoms with Crippen LogP contribution < -0.4 is 14.8 Å². The molecule has 0 unspecified atom stereocenters. The molecule has 0 fully saturated rings. The number of rotatable bonds is 9. The van der Waals surface area contributed by atoms with Crippen LogP contribution in [0, 0.1) is 6.92 Å². The second-order valence-corrected chi connectivity index (χ2v) is 7.61. The minimum absolute atomic E-state index is 0.0388. The van der Waals surface area contributed by atoms with E-state index >= 15 is 0 Å². The average molecular weight is 376 g/mol. The van der Waals surface area contributed by atoms with Gasteiger partial charge in [0.15, 0.2) is 6.61 Å². The number of aryl methyl sites for hydroxylation is 1. The Kier molecular flexibility index (Phi) is 7.17. The van der Waals surface area contributed by atoms with Crippen molar-refractivity contribution in [3.8, 4) is 5.75 Å². The molecule has 0 aliphatic heterocycles. The van der Waals surface area contributed by atoms with E-state index in [9.17, 15) is 13.2 Å². The largest absolute Gasteiger partial charge is 0.484 e. The summed E-state index contributed by atoms with van der Waals surface area (Å²) in [6, 6.07) is 14.1.